The van der Waals surface area contributed by atoms with E-state index in [1.54, 1.807) is 0 Å². The lowest BCUT2D eigenvalue weighted by molar-refractivity contribution is -0.180. The molecular formula is C12H22F3N3O. The second-order valence-corrected chi connectivity index (χ2v) is 5.45. The zero-order chi connectivity index (χ0) is 14.6. The number of hydrogen-bond donors (Lipinski definition) is 2. The molecule has 0 aliphatic carbocycles. The van der Waals surface area contributed by atoms with Crippen molar-refractivity contribution < 1.29 is 18.0 Å². The molecule has 0 spiro atoms. The SMILES string of the molecule is CC(CN(C)C)NC(=O)C1CCC(C(F)(F)F)CN1. The molecule has 112 valence electrons. The molecule has 4 nitrogen and oxygen atoms in total. The molecule has 3 unspecified atom stereocenters. The maximum atomic E-state index is 12.5. The molecule has 0 bridgehead atoms. The standard InChI is InChI=1S/C12H22F3N3O/c1-8(7-18(2)3)17-11(19)10-5-4-9(6-16-10)12(13,14)15/h8-10,16H,4-7H2,1-3H3,(H,17,19). The van der Waals surface area contributed by atoms with Crippen LogP contribution in [0.3, 0.4) is 0 Å². The fourth-order valence-corrected chi connectivity index (χ4v) is 2.30. The number of halogens is 3. The minimum atomic E-state index is -4.17. The number of alkyl halides is 3. The monoisotopic (exact) mass is 281 g/mol. The first kappa shape index (κ1) is 16.2. The molecule has 1 amide bonds. The van der Waals surface area contributed by atoms with E-state index in [-0.39, 0.29) is 31.3 Å². The first-order chi connectivity index (χ1) is 8.70. The minimum absolute atomic E-state index is 0.0106. The van der Waals surface area contributed by atoms with E-state index >= 15 is 0 Å². The van der Waals surface area contributed by atoms with Crippen molar-refractivity contribution in [3.8, 4) is 0 Å². The van der Waals surface area contributed by atoms with Gasteiger partial charge in [-0.2, -0.15) is 13.2 Å². The molecule has 0 radical (unpaired) electrons. The molecule has 7 heteroatoms. The van der Waals surface area contributed by atoms with Gasteiger partial charge in [0.2, 0.25) is 5.91 Å². The second kappa shape index (κ2) is 6.56. The highest BCUT2D eigenvalue weighted by Crippen LogP contribution is 2.31. The Morgan fingerprint density at radius 2 is 2.05 bits per heavy atom. The molecule has 2 N–H and O–H groups in total. The summed E-state index contributed by atoms with van der Waals surface area (Å²) in [7, 11) is 3.80. The van der Waals surface area contributed by atoms with Crippen molar-refractivity contribution in [3.05, 3.63) is 0 Å². The molecule has 0 aromatic rings. The Hall–Kier alpha value is -0.820. The fraction of sp³-hybridized carbons (Fsp3) is 0.917. The van der Waals surface area contributed by atoms with Crippen molar-refractivity contribution in [2.75, 3.05) is 27.2 Å². The third-order valence-corrected chi connectivity index (χ3v) is 3.22. The Morgan fingerprint density at radius 3 is 2.47 bits per heavy atom. The Kier molecular flexibility index (Phi) is 5.61. The highest BCUT2D eigenvalue weighted by Gasteiger charge is 2.42. The van der Waals surface area contributed by atoms with Gasteiger partial charge in [0, 0.05) is 19.1 Å². The molecule has 0 aromatic carbocycles. The first-order valence-corrected chi connectivity index (χ1v) is 6.45. The van der Waals surface area contributed by atoms with E-state index in [0.29, 0.717) is 6.54 Å². The highest BCUT2D eigenvalue weighted by molar-refractivity contribution is 5.82. The number of carbonyl (C=O) groups is 1. The molecule has 1 saturated heterocycles. The topological polar surface area (TPSA) is 44.4 Å². The summed E-state index contributed by atoms with van der Waals surface area (Å²) in [6, 6.07) is -0.534. The zero-order valence-electron chi connectivity index (χ0n) is 11.5. The lowest BCUT2D eigenvalue weighted by atomic mass is 9.94. The molecular weight excluding hydrogens is 259 g/mol. The summed E-state index contributed by atoms with van der Waals surface area (Å²) in [4.78, 5) is 13.8. The maximum Gasteiger partial charge on any atom is 0.393 e. The van der Waals surface area contributed by atoms with Crippen molar-refractivity contribution in [3.63, 3.8) is 0 Å². The van der Waals surface area contributed by atoms with Gasteiger partial charge in [0.1, 0.15) is 0 Å². The van der Waals surface area contributed by atoms with Gasteiger partial charge in [0.15, 0.2) is 0 Å². The van der Waals surface area contributed by atoms with E-state index in [4.69, 9.17) is 0 Å². The van der Waals surface area contributed by atoms with E-state index in [1.165, 1.54) is 0 Å². The molecule has 3 atom stereocenters. The van der Waals surface area contributed by atoms with Crippen LogP contribution in [0.1, 0.15) is 19.8 Å². The summed E-state index contributed by atoms with van der Waals surface area (Å²) in [5, 5.41) is 5.50. The van der Waals surface area contributed by atoms with Crippen LogP contribution in [-0.4, -0.2) is 56.3 Å². The van der Waals surface area contributed by atoms with E-state index in [0.717, 1.165) is 0 Å². The normalized spacial score (nSPS) is 26.3. The van der Waals surface area contributed by atoms with Gasteiger partial charge < -0.3 is 15.5 Å². The van der Waals surface area contributed by atoms with Crippen molar-refractivity contribution in [1.29, 1.82) is 0 Å². The molecule has 1 aliphatic rings. The van der Waals surface area contributed by atoms with Gasteiger partial charge in [0.05, 0.1) is 12.0 Å². The third-order valence-electron chi connectivity index (χ3n) is 3.22. The average molecular weight is 281 g/mol. The number of nitrogens with zero attached hydrogens (tertiary/aromatic N) is 1. The lowest BCUT2D eigenvalue weighted by Crippen LogP contribution is -2.53. The largest absolute Gasteiger partial charge is 0.393 e. The molecule has 19 heavy (non-hydrogen) atoms. The Bertz CT molecular complexity index is 299. The number of hydrogen-bond acceptors (Lipinski definition) is 3. The van der Waals surface area contributed by atoms with Crippen molar-refractivity contribution >= 4 is 5.91 Å². The summed E-state index contributed by atoms with van der Waals surface area (Å²) in [5.41, 5.74) is 0. The summed E-state index contributed by atoms with van der Waals surface area (Å²) in [6.07, 6.45) is -3.94. The van der Waals surface area contributed by atoms with Gasteiger partial charge in [-0.15, -0.1) is 0 Å². The number of amides is 1. The van der Waals surface area contributed by atoms with Crippen LogP contribution in [0, 0.1) is 5.92 Å². The summed E-state index contributed by atoms with van der Waals surface area (Å²) in [6.45, 7) is 2.40. The van der Waals surface area contributed by atoms with E-state index in [2.05, 4.69) is 10.6 Å². The number of piperidine rings is 1. The Morgan fingerprint density at radius 1 is 1.42 bits per heavy atom. The minimum Gasteiger partial charge on any atom is -0.351 e. The number of carbonyl (C=O) groups excluding carboxylic acids is 1. The highest BCUT2D eigenvalue weighted by atomic mass is 19.4. The summed E-state index contributed by atoms with van der Waals surface area (Å²) >= 11 is 0. The maximum absolute atomic E-state index is 12.5. The summed E-state index contributed by atoms with van der Waals surface area (Å²) < 4.78 is 37.4. The van der Waals surface area contributed by atoms with Crippen molar-refractivity contribution in [1.82, 2.24) is 15.5 Å². The Labute approximate surface area is 111 Å². The Balaban J connectivity index is 2.37. The molecule has 0 aromatic heterocycles. The van der Waals surface area contributed by atoms with Crippen LogP contribution in [0.5, 0.6) is 0 Å². The fourth-order valence-electron chi connectivity index (χ4n) is 2.30. The lowest BCUT2D eigenvalue weighted by Gasteiger charge is -2.31. The first-order valence-electron chi connectivity index (χ1n) is 6.45. The molecule has 0 saturated carbocycles. The summed E-state index contributed by atoms with van der Waals surface area (Å²) in [5.74, 6) is -1.55. The van der Waals surface area contributed by atoms with E-state index in [9.17, 15) is 18.0 Å². The average Bonchev–Trinajstić information content (AvgIpc) is 2.26. The van der Waals surface area contributed by atoms with E-state index < -0.39 is 18.1 Å². The van der Waals surface area contributed by atoms with Crippen LogP contribution >= 0.6 is 0 Å². The van der Waals surface area contributed by atoms with Crippen molar-refractivity contribution in [2.24, 2.45) is 5.92 Å². The molecule has 1 aliphatic heterocycles. The molecule has 1 rings (SSSR count). The number of likely N-dealkylation sites (N-methyl/N-ethyl adjacent to an activating group) is 1. The van der Waals surface area contributed by atoms with Crippen LogP contribution in [0.4, 0.5) is 13.2 Å². The van der Waals surface area contributed by atoms with Crippen molar-refractivity contribution in [2.45, 2.75) is 38.0 Å². The van der Waals surface area contributed by atoms with E-state index in [1.807, 2.05) is 25.9 Å². The van der Waals surface area contributed by atoms with Gasteiger partial charge in [-0.3, -0.25) is 4.79 Å². The van der Waals surface area contributed by atoms with Gasteiger partial charge in [-0.25, -0.2) is 0 Å². The second-order valence-electron chi connectivity index (χ2n) is 5.45. The van der Waals surface area contributed by atoms with Gasteiger partial charge >= 0.3 is 6.18 Å². The van der Waals surface area contributed by atoms with Crippen LogP contribution in [0.2, 0.25) is 0 Å². The third kappa shape index (κ3) is 5.36. The smallest absolute Gasteiger partial charge is 0.351 e. The molecule has 1 fully saturated rings. The number of nitrogens with one attached hydrogen (secondary N) is 2. The zero-order valence-corrected chi connectivity index (χ0v) is 11.5. The molecule has 1 heterocycles. The van der Waals surface area contributed by atoms with Crippen LogP contribution in [0.15, 0.2) is 0 Å². The van der Waals surface area contributed by atoms with Crippen LogP contribution in [0.25, 0.3) is 0 Å². The predicted octanol–water partition coefficient (Wildman–Crippen LogP) is 0.983. The quantitative estimate of drug-likeness (QED) is 0.807. The van der Waals surface area contributed by atoms with Crippen LogP contribution in [-0.2, 0) is 4.79 Å². The van der Waals surface area contributed by atoms with Gasteiger partial charge in [-0.1, -0.05) is 0 Å². The van der Waals surface area contributed by atoms with Crippen LogP contribution < -0.4 is 10.6 Å². The van der Waals surface area contributed by atoms with Gasteiger partial charge in [0.25, 0.3) is 0 Å². The van der Waals surface area contributed by atoms with Gasteiger partial charge in [-0.05, 0) is 33.9 Å². The predicted molar refractivity (Wildman–Crippen MR) is 66.7 cm³/mol. The number of rotatable bonds is 4.